The Balaban J connectivity index is 2.35. The van der Waals surface area contributed by atoms with Gasteiger partial charge < -0.3 is 18.8 Å². The number of ether oxygens (including phenoxy) is 3. The van der Waals surface area contributed by atoms with Crippen LogP contribution in [0.3, 0.4) is 0 Å². The molecule has 1 amide bonds. The Labute approximate surface area is 152 Å². The molecular formula is C18H23N3O5. The van der Waals surface area contributed by atoms with E-state index in [9.17, 15) is 9.59 Å². The molecule has 2 rings (SSSR count). The molecule has 0 fully saturated rings. The van der Waals surface area contributed by atoms with Gasteiger partial charge in [-0.05, 0) is 45.4 Å². The molecule has 140 valence electrons. The van der Waals surface area contributed by atoms with E-state index in [2.05, 4.69) is 10.3 Å². The minimum atomic E-state index is -0.767. The topological polar surface area (TPSA) is 91.7 Å². The van der Waals surface area contributed by atoms with E-state index >= 15 is 0 Å². The molecule has 0 aliphatic rings. The molecule has 0 aliphatic heterocycles. The zero-order valence-corrected chi connectivity index (χ0v) is 15.4. The van der Waals surface area contributed by atoms with Gasteiger partial charge in [0.1, 0.15) is 6.61 Å². The summed E-state index contributed by atoms with van der Waals surface area (Å²) in [6.45, 7) is 7.59. The number of nitrogens with one attached hydrogen (secondary N) is 1. The summed E-state index contributed by atoms with van der Waals surface area (Å²) >= 11 is 0. The predicted octanol–water partition coefficient (Wildman–Crippen LogP) is 3.73. The van der Waals surface area contributed by atoms with Gasteiger partial charge in [-0.3, -0.25) is 5.32 Å². The summed E-state index contributed by atoms with van der Waals surface area (Å²) in [6.07, 6.45) is 2.23. The Kier molecular flexibility index (Phi) is 6.60. The highest BCUT2D eigenvalue weighted by atomic mass is 16.7. The smallest absolute Gasteiger partial charge is 0.450 e. The molecule has 0 saturated carbocycles. The van der Waals surface area contributed by atoms with Crippen LogP contribution in [0.5, 0.6) is 0 Å². The number of carbonyl (C=O) groups excluding carboxylic acids is 2. The molecule has 26 heavy (non-hydrogen) atoms. The summed E-state index contributed by atoms with van der Waals surface area (Å²) in [5, 5.41) is 2.70. The number of hydrogen-bond donors (Lipinski definition) is 1. The molecule has 8 nitrogen and oxygen atoms in total. The molecule has 0 unspecified atom stereocenters. The van der Waals surface area contributed by atoms with Crippen molar-refractivity contribution < 1.29 is 23.8 Å². The van der Waals surface area contributed by atoms with E-state index in [4.69, 9.17) is 14.2 Å². The molecule has 1 heterocycles. The third kappa shape index (κ3) is 4.98. The van der Waals surface area contributed by atoms with Crippen molar-refractivity contribution in [3.8, 4) is 5.69 Å². The maximum absolute atomic E-state index is 11.8. The minimum Gasteiger partial charge on any atom is -0.450 e. The van der Waals surface area contributed by atoms with Gasteiger partial charge >= 0.3 is 12.2 Å². The maximum Gasteiger partial charge on any atom is 0.508 e. The number of imidazole rings is 1. The fourth-order valence-electron chi connectivity index (χ4n) is 2.41. The first-order chi connectivity index (χ1) is 12.4. The highest BCUT2D eigenvalue weighted by Crippen LogP contribution is 2.26. The first-order valence-electron chi connectivity index (χ1n) is 8.32. The van der Waals surface area contributed by atoms with Gasteiger partial charge in [0.15, 0.2) is 0 Å². The minimum absolute atomic E-state index is 0.0526. The zero-order valence-electron chi connectivity index (χ0n) is 15.4. The lowest BCUT2D eigenvalue weighted by Crippen LogP contribution is -2.17. The second kappa shape index (κ2) is 8.89. The fourth-order valence-corrected chi connectivity index (χ4v) is 2.41. The molecule has 1 aromatic heterocycles. The van der Waals surface area contributed by atoms with E-state index in [1.54, 1.807) is 20.2 Å². The number of aromatic nitrogens is 2. The number of hydrogen-bond acceptors (Lipinski definition) is 6. The Bertz CT molecular complexity index is 785. The van der Waals surface area contributed by atoms with Crippen molar-refractivity contribution in [3.05, 3.63) is 41.5 Å². The lowest BCUT2D eigenvalue weighted by atomic mass is 10.1. The van der Waals surface area contributed by atoms with Crippen LogP contribution in [0, 0.1) is 13.8 Å². The summed E-state index contributed by atoms with van der Waals surface area (Å²) in [5.41, 5.74) is 3.66. The van der Waals surface area contributed by atoms with Gasteiger partial charge in [0.2, 0.25) is 0 Å². The van der Waals surface area contributed by atoms with Crippen LogP contribution in [0.25, 0.3) is 5.69 Å². The quantitative estimate of drug-likeness (QED) is 0.788. The van der Waals surface area contributed by atoms with Crippen molar-refractivity contribution in [1.82, 2.24) is 9.55 Å². The first kappa shape index (κ1) is 19.3. The van der Waals surface area contributed by atoms with Gasteiger partial charge in [0, 0.05) is 17.4 Å². The van der Waals surface area contributed by atoms with E-state index in [-0.39, 0.29) is 19.8 Å². The van der Waals surface area contributed by atoms with E-state index in [1.165, 1.54) is 0 Å². The second-order valence-electron chi connectivity index (χ2n) is 5.54. The Morgan fingerprint density at radius 1 is 1.12 bits per heavy atom. The van der Waals surface area contributed by atoms with Gasteiger partial charge in [0.05, 0.1) is 30.9 Å². The summed E-state index contributed by atoms with van der Waals surface area (Å²) < 4.78 is 16.7. The second-order valence-corrected chi connectivity index (χ2v) is 5.54. The Hall–Kier alpha value is -3.03. The van der Waals surface area contributed by atoms with Crippen molar-refractivity contribution in [2.75, 3.05) is 18.5 Å². The molecule has 2 aromatic rings. The highest BCUT2D eigenvalue weighted by molar-refractivity contribution is 5.87. The average Bonchev–Trinajstić information content (AvgIpc) is 3.02. The third-order valence-electron chi connectivity index (χ3n) is 3.52. The van der Waals surface area contributed by atoms with Gasteiger partial charge in [-0.15, -0.1) is 0 Å². The number of amides is 1. The van der Waals surface area contributed by atoms with E-state index in [1.807, 2.05) is 36.7 Å². The number of nitrogens with zero attached hydrogens (tertiary/aromatic N) is 2. The predicted molar refractivity (Wildman–Crippen MR) is 95.5 cm³/mol. The summed E-state index contributed by atoms with van der Waals surface area (Å²) in [6, 6.07) is 3.71. The Morgan fingerprint density at radius 2 is 1.85 bits per heavy atom. The molecule has 0 aliphatic carbocycles. The van der Waals surface area contributed by atoms with Gasteiger partial charge in [-0.25, -0.2) is 14.6 Å². The van der Waals surface area contributed by atoms with E-state index in [0.29, 0.717) is 11.3 Å². The van der Waals surface area contributed by atoms with Crippen molar-refractivity contribution >= 4 is 17.9 Å². The lowest BCUT2D eigenvalue weighted by Gasteiger charge is -2.16. The molecule has 0 spiro atoms. The van der Waals surface area contributed by atoms with Crippen LogP contribution in [-0.2, 0) is 20.8 Å². The number of carbonyl (C=O) groups is 2. The zero-order chi connectivity index (χ0) is 19.1. The first-order valence-corrected chi connectivity index (χ1v) is 8.32. The molecule has 0 bridgehead atoms. The molecular weight excluding hydrogens is 338 g/mol. The van der Waals surface area contributed by atoms with Crippen LogP contribution in [0.1, 0.15) is 30.7 Å². The normalized spacial score (nSPS) is 10.3. The van der Waals surface area contributed by atoms with Gasteiger partial charge in [0.25, 0.3) is 0 Å². The third-order valence-corrected chi connectivity index (χ3v) is 3.52. The maximum atomic E-state index is 11.8. The Morgan fingerprint density at radius 3 is 2.46 bits per heavy atom. The molecule has 0 radical (unpaired) electrons. The van der Waals surface area contributed by atoms with Crippen molar-refractivity contribution in [3.63, 3.8) is 0 Å². The van der Waals surface area contributed by atoms with Gasteiger partial charge in [-0.1, -0.05) is 0 Å². The number of benzene rings is 1. The van der Waals surface area contributed by atoms with Crippen LogP contribution in [-0.4, -0.2) is 35.0 Å². The van der Waals surface area contributed by atoms with Crippen LogP contribution in [0.2, 0.25) is 0 Å². The molecule has 0 atom stereocenters. The average molecular weight is 361 g/mol. The van der Waals surface area contributed by atoms with Crippen molar-refractivity contribution in [2.45, 2.75) is 34.3 Å². The van der Waals surface area contributed by atoms with Crippen LogP contribution < -0.4 is 5.32 Å². The van der Waals surface area contributed by atoms with Crippen LogP contribution >= 0.6 is 0 Å². The monoisotopic (exact) mass is 361 g/mol. The largest absolute Gasteiger partial charge is 0.508 e. The van der Waals surface area contributed by atoms with Crippen LogP contribution in [0.4, 0.5) is 15.3 Å². The van der Waals surface area contributed by atoms with E-state index < -0.39 is 12.2 Å². The van der Waals surface area contributed by atoms with Crippen molar-refractivity contribution in [2.24, 2.45) is 0 Å². The molecule has 1 N–H and O–H groups in total. The standard InChI is InChI=1S/C18H23N3O5/c1-5-24-17(22)20-16-12(3)7-15(21-9-13(4)19-11-21)8-14(16)10-26-18(23)25-6-2/h7-9,11H,5-6,10H2,1-4H3,(H,20,22). The summed E-state index contributed by atoms with van der Waals surface area (Å²) in [4.78, 5) is 27.6. The fraction of sp³-hybridized carbons (Fsp3) is 0.389. The van der Waals surface area contributed by atoms with Crippen LogP contribution in [0.15, 0.2) is 24.7 Å². The molecule has 0 saturated heterocycles. The number of rotatable bonds is 6. The van der Waals surface area contributed by atoms with E-state index in [0.717, 1.165) is 16.9 Å². The van der Waals surface area contributed by atoms with Crippen molar-refractivity contribution in [1.29, 1.82) is 0 Å². The highest BCUT2D eigenvalue weighted by Gasteiger charge is 2.15. The summed E-state index contributed by atoms with van der Waals surface area (Å²) in [5.74, 6) is 0. The molecule has 8 heteroatoms. The van der Waals surface area contributed by atoms with Gasteiger partial charge in [-0.2, -0.15) is 0 Å². The summed E-state index contributed by atoms with van der Waals surface area (Å²) in [7, 11) is 0. The lowest BCUT2D eigenvalue weighted by molar-refractivity contribution is 0.0537. The number of anilines is 1. The SMILES string of the molecule is CCOC(=O)Nc1c(C)cc(-n2cnc(C)c2)cc1COC(=O)OCC. The molecule has 1 aromatic carbocycles. The number of aryl methyl sites for hydroxylation is 2.